The molecular formula is C35H23Cl2N3O4. The lowest BCUT2D eigenvalue weighted by Gasteiger charge is -2.14. The topological polar surface area (TPSA) is 78.9 Å². The molecule has 0 amide bonds. The van der Waals surface area contributed by atoms with E-state index in [2.05, 4.69) is 23.3 Å². The number of nitrogens with zero attached hydrogens (tertiary/aromatic N) is 3. The van der Waals surface area contributed by atoms with E-state index in [0.717, 1.165) is 21.7 Å². The Kier molecular flexibility index (Phi) is 7.26. The van der Waals surface area contributed by atoms with Gasteiger partial charge in [0, 0.05) is 10.4 Å². The van der Waals surface area contributed by atoms with Crippen molar-refractivity contribution in [2.24, 2.45) is 5.10 Å². The molecule has 0 saturated carbocycles. The van der Waals surface area contributed by atoms with Crippen molar-refractivity contribution >= 4 is 62.1 Å². The van der Waals surface area contributed by atoms with Crippen LogP contribution in [0.15, 0.2) is 117 Å². The third kappa shape index (κ3) is 5.17. The number of benzene rings is 5. The number of furan rings is 1. The number of rotatable bonds is 7. The maximum atomic E-state index is 13.6. The molecule has 0 radical (unpaired) electrons. The van der Waals surface area contributed by atoms with Gasteiger partial charge in [0.05, 0.1) is 29.2 Å². The fourth-order valence-corrected chi connectivity index (χ4v) is 5.62. The molecule has 0 saturated heterocycles. The van der Waals surface area contributed by atoms with Gasteiger partial charge in [0.1, 0.15) is 12.2 Å². The highest BCUT2D eigenvalue weighted by Gasteiger charge is 2.17. The average molecular weight is 620 g/mol. The quantitative estimate of drug-likeness (QED) is 0.167. The highest BCUT2D eigenvalue weighted by molar-refractivity contribution is 6.32. The van der Waals surface area contributed by atoms with Gasteiger partial charge >= 0.3 is 0 Å². The van der Waals surface area contributed by atoms with Gasteiger partial charge in [0.25, 0.3) is 5.56 Å². The summed E-state index contributed by atoms with van der Waals surface area (Å²) in [6.45, 7) is 0.301. The highest BCUT2D eigenvalue weighted by Crippen LogP contribution is 2.37. The Morgan fingerprint density at radius 1 is 0.886 bits per heavy atom. The Bertz CT molecular complexity index is 2290. The molecule has 0 bridgehead atoms. The van der Waals surface area contributed by atoms with E-state index < -0.39 is 0 Å². The largest absolute Gasteiger partial charge is 0.493 e. The molecule has 5 aromatic carbocycles. The van der Waals surface area contributed by atoms with Crippen molar-refractivity contribution in [3.63, 3.8) is 0 Å². The summed E-state index contributed by atoms with van der Waals surface area (Å²) in [4.78, 5) is 18.4. The summed E-state index contributed by atoms with van der Waals surface area (Å²) in [5.41, 5.74) is 2.39. The van der Waals surface area contributed by atoms with Crippen molar-refractivity contribution in [1.82, 2.24) is 9.66 Å². The zero-order valence-corrected chi connectivity index (χ0v) is 24.8. The summed E-state index contributed by atoms with van der Waals surface area (Å²) in [6, 6.07) is 31.8. The van der Waals surface area contributed by atoms with Crippen LogP contribution in [0.25, 0.3) is 44.2 Å². The molecule has 0 aliphatic rings. The van der Waals surface area contributed by atoms with Crippen LogP contribution >= 0.6 is 23.2 Å². The SMILES string of the molecule is COc1cc(C=Nn2c(-c3cc4cc(Cl)ccc4o3)nc3ccccc3c2=O)cc(Cl)c1OCc1cccc2ccccc12. The second-order valence-corrected chi connectivity index (χ2v) is 10.9. The van der Waals surface area contributed by atoms with Crippen LogP contribution in [0.1, 0.15) is 11.1 Å². The molecule has 2 heterocycles. The smallest absolute Gasteiger partial charge is 0.282 e. The predicted molar refractivity (Wildman–Crippen MR) is 175 cm³/mol. The first-order valence-corrected chi connectivity index (χ1v) is 14.5. The summed E-state index contributed by atoms with van der Waals surface area (Å²) >= 11 is 12.9. The van der Waals surface area contributed by atoms with Gasteiger partial charge < -0.3 is 13.9 Å². The molecular weight excluding hydrogens is 597 g/mol. The first-order chi connectivity index (χ1) is 21.5. The fraction of sp³-hybridized carbons (Fsp3) is 0.0571. The molecule has 216 valence electrons. The van der Waals surface area contributed by atoms with Gasteiger partial charge in [-0.05, 0) is 70.4 Å². The Labute approximate surface area is 261 Å². The van der Waals surface area contributed by atoms with Gasteiger partial charge in [-0.1, -0.05) is 77.8 Å². The van der Waals surface area contributed by atoms with E-state index >= 15 is 0 Å². The van der Waals surface area contributed by atoms with Crippen LogP contribution in [-0.4, -0.2) is 23.0 Å². The highest BCUT2D eigenvalue weighted by atomic mass is 35.5. The summed E-state index contributed by atoms with van der Waals surface area (Å²) in [5, 5.41) is 8.87. The molecule has 0 aliphatic heterocycles. The normalized spacial score (nSPS) is 11.6. The third-order valence-electron chi connectivity index (χ3n) is 7.28. The lowest BCUT2D eigenvalue weighted by atomic mass is 10.1. The summed E-state index contributed by atoms with van der Waals surface area (Å²) in [6.07, 6.45) is 1.52. The van der Waals surface area contributed by atoms with Gasteiger partial charge in [0.2, 0.25) is 5.82 Å². The van der Waals surface area contributed by atoms with Gasteiger partial charge in [-0.3, -0.25) is 4.79 Å². The number of hydrogen-bond acceptors (Lipinski definition) is 6. The number of para-hydroxylation sites is 1. The Morgan fingerprint density at radius 2 is 1.68 bits per heavy atom. The molecule has 9 heteroatoms. The van der Waals surface area contributed by atoms with Crippen molar-refractivity contribution in [2.75, 3.05) is 7.11 Å². The molecule has 7 rings (SSSR count). The number of fused-ring (bicyclic) bond motifs is 3. The van der Waals surface area contributed by atoms with Gasteiger partial charge in [-0.2, -0.15) is 9.78 Å². The molecule has 0 aliphatic carbocycles. The second kappa shape index (κ2) is 11.5. The molecule has 7 aromatic rings. The lowest BCUT2D eigenvalue weighted by Crippen LogP contribution is -2.20. The molecule has 0 atom stereocenters. The molecule has 0 fully saturated rings. The number of ether oxygens (including phenoxy) is 2. The number of hydrogen-bond donors (Lipinski definition) is 0. The Balaban J connectivity index is 1.26. The van der Waals surface area contributed by atoms with Crippen LogP contribution in [0.3, 0.4) is 0 Å². The Hall–Kier alpha value is -5.11. The number of methoxy groups -OCH3 is 1. The number of halogens is 2. The van der Waals surface area contributed by atoms with Gasteiger partial charge in [-0.15, -0.1) is 0 Å². The van der Waals surface area contributed by atoms with E-state index in [1.54, 1.807) is 61.7 Å². The van der Waals surface area contributed by atoms with Crippen molar-refractivity contribution in [3.8, 4) is 23.1 Å². The maximum Gasteiger partial charge on any atom is 0.282 e. The van der Waals surface area contributed by atoms with Crippen LogP contribution in [-0.2, 0) is 6.61 Å². The predicted octanol–water partition coefficient (Wildman–Crippen LogP) is 8.74. The van der Waals surface area contributed by atoms with Crippen LogP contribution in [0.2, 0.25) is 10.0 Å². The summed E-state index contributed by atoms with van der Waals surface area (Å²) in [5.74, 6) is 1.45. The lowest BCUT2D eigenvalue weighted by molar-refractivity contribution is 0.286. The maximum absolute atomic E-state index is 13.6. The Morgan fingerprint density at radius 3 is 2.55 bits per heavy atom. The minimum Gasteiger partial charge on any atom is -0.493 e. The van der Waals surface area contributed by atoms with Crippen LogP contribution in [0.5, 0.6) is 11.5 Å². The van der Waals surface area contributed by atoms with Crippen molar-refractivity contribution < 1.29 is 13.9 Å². The monoisotopic (exact) mass is 619 g/mol. The zero-order chi connectivity index (χ0) is 30.2. The van der Waals surface area contributed by atoms with Crippen LogP contribution < -0.4 is 15.0 Å². The molecule has 0 unspecified atom stereocenters. The molecule has 0 N–H and O–H groups in total. The van der Waals surface area contributed by atoms with Crippen molar-refractivity contribution in [3.05, 3.63) is 135 Å². The molecule has 7 nitrogen and oxygen atoms in total. The minimum absolute atomic E-state index is 0.241. The van der Waals surface area contributed by atoms with E-state index in [9.17, 15) is 4.79 Å². The van der Waals surface area contributed by atoms with E-state index in [4.69, 9.17) is 42.1 Å². The standard InChI is InChI=1S/C35H23Cl2N3O4/c1-42-31-16-21(15-28(37)33(31)43-20-23-9-6-8-22-7-2-3-10-26(22)23)19-38-40-34(39-29-12-5-4-11-27(29)35(40)41)32-18-24-17-25(36)13-14-30(24)44-32/h2-19H,20H2,1H3. The molecule has 44 heavy (non-hydrogen) atoms. The number of aromatic nitrogens is 2. The summed E-state index contributed by atoms with van der Waals surface area (Å²) in [7, 11) is 1.54. The third-order valence-corrected chi connectivity index (χ3v) is 7.79. The van der Waals surface area contributed by atoms with E-state index in [1.807, 2.05) is 30.3 Å². The van der Waals surface area contributed by atoms with Gasteiger partial charge in [0.15, 0.2) is 17.3 Å². The molecule has 0 spiro atoms. The minimum atomic E-state index is -0.353. The van der Waals surface area contributed by atoms with E-state index in [1.165, 1.54) is 10.9 Å². The second-order valence-electron chi connectivity index (χ2n) is 10.1. The van der Waals surface area contributed by atoms with Crippen LogP contribution in [0.4, 0.5) is 0 Å². The van der Waals surface area contributed by atoms with Crippen molar-refractivity contribution in [2.45, 2.75) is 6.61 Å². The first kappa shape index (κ1) is 27.7. The molecule has 2 aromatic heterocycles. The van der Waals surface area contributed by atoms with E-state index in [0.29, 0.717) is 56.0 Å². The zero-order valence-electron chi connectivity index (χ0n) is 23.3. The first-order valence-electron chi connectivity index (χ1n) is 13.7. The van der Waals surface area contributed by atoms with Gasteiger partial charge in [-0.25, -0.2) is 4.98 Å². The fourth-order valence-electron chi connectivity index (χ4n) is 5.16. The summed E-state index contributed by atoms with van der Waals surface area (Å²) < 4.78 is 19.1. The average Bonchev–Trinajstić information content (AvgIpc) is 3.46. The van der Waals surface area contributed by atoms with Crippen LogP contribution in [0, 0.1) is 0 Å². The van der Waals surface area contributed by atoms with E-state index in [-0.39, 0.29) is 11.4 Å². The van der Waals surface area contributed by atoms with Crippen molar-refractivity contribution in [1.29, 1.82) is 0 Å².